The van der Waals surface area contributed by atoms with E-state index < -0.39 is 5.92 Å². The van der Waals surface area contributed by atoms with E-state index in [0.717, 1.165) is 0 Å². The molecule has 0 aliphatic carbocycles. The van der Waals surface area contributed by atoms with Crippen molar-refractivity contribution >= 4 is 11.7 Å². The second kappa shape index (κ2) is 7.66. The molecule has 0 heterocycles. The Hall–Kier alpha value is -1.72. The van der Waals surface area contributed by atoms with Gasteiger partial charge in [0.1, 0.15) is 0 Å². The molecule has 19 heavy (non-hydrogen) atoms. The minimum Gasteiger partial charge on any atom is -0.395 e. The number of hydrogen-bond acceptors (Lipinski definition) is 4. The molecule has 0 saturated carbocycles. The maximum atomic E-state index is 12.1. The predicted octanol–water partition coefficient (Wildman–Crippen LogP) is 0.319. The van der Waals surface area contributed by atoms with Gasteiger partial charge in [-0.3, -0.25) is 9.59 Å². The summed E-state index contributed by atoms with van der Waals surface area (Å²) in [6.07, 6.45) is 0. The fraction of sp³-hybridized carbons (Fsp3) is 0.429. The Kier molecular flexibility index (Phi) is 6.18. The standard InChI is InChI=1S/C14H19NO4/c1-11(13(18)12-5-3-2-4-6-12)14(19)15(7-9-16)8-10-17/h2-6,11,16-17H,7-10H2,1H3. The third kappa shape index (κ3) is 4.15. The molecule has 1 rings (SSSR count). The largest absolute Gasteiger partial charge is 0.395 e. The first-order valence-corrected chi connectivity index (χ1v) is 6.21. The van der Waals surface area contributed by atoms with Crippen LogP contribution >= 0.6 is 0 Å². The Labute approximate surface area is 112 Å². The summed E-state index contributed by atoms with van der Waals surface area (Å²) in [5, 5.41) is 17.8. The third-order valence-electron chi connectivity index (χ3n) is 2.87. The number of amides is 1. The van der Waals surface area contributed by atoms with Crippen LogP contribution in [0.2, 0.25) is 0 Å². The molecule has 5 nitrogen and oxygen atoms in total. The van der Waals surface area contributed by atoms with Crippen LogP contribution in [-0.2, 0) is 4.79 Å². The molecule has 0 bridgehead atoms. The zero-order valence-corrected chi connectivity index (χ0v) is 11.0. The van der Waals surface area contributed by atoms with Crippen molar-refractivity contribution < 1.29 is 19.8 Å². The molecule has 0 aromatic heterocycles. The molecule has 0 spiro atoms. The zero-order valence-electron chi connectivity index (χ0n) is 11.0. The van der Waals surface area contributed by atoms with E-state index in [1.807, 2.05) is 0 Å². The number of carbonyl (C=O) groups excluding carboxylic acids is 2. The fourth-order valence-electron chi connectivity index (χ4n) is 1.81. The highest BCUT2D eigenvalue weighted by Crippen LogP contribution is 2.11. The summed E-state index contributed by atoms with van der Waals surface area (Å²) in [4.78, 5) is 25.5. The van der Waals surface area contributed by atoms with Gasteiger partial charge in [0.05, 0.1) is 19.1 Å². The van der Waals surface area contributed by atoms with Gasteiger partial charge in [0, 0.05) is 18.7 Å². The lowest BCUT2D eigenvalue weighted by Crippen LogP contribution is -2.41. The first-order chi connectivity index (χ1) is 9.11. The Bertz CT molecular complexity index is 413. The SMILES string of the molecule is CC(C(=O)c1ccccc1)C(=O)N(CCO)CCO. The molecule has 0 aliphatic heterocycles. The molecule has 1 atom stereocenters. The molecule has 0 radical (unpaired) electrons. The predicted molar refractivity (Wildman–Crippen MR) is 70.7 cm³/mol. The molecule has 0 fully saturated rings. The van der Waals surface area contributed by atoms with Crippen LogP contribution in [0, 0.1) is 5.92 Å². The van der Waals surface area contributed by atoms with Gasteiger partial charge in [-0.2, -0.15) is 0 Å². The van der Waals surface area contributed by atoms with E-state index in [2.05, 4.69) is 0 Å². The van der Waals surface area contributed by atoms with Gasteiger partial charge in [-0.25, -0.2) is 0 Å². The molecule has 0 aliphatic rings. The smallest absolute Gasteiger partial charge is 0.233 e. The van der Waals surface area contributed by atoms with Gasteiger partial charge in [0.2, 0.25) is 5.91 Å². The average molecular weight is 265 g/mol. The number of nitrogens with zero attached hydrogens (tertiary/aromatic N) is 1. The van der Waals surface area contributed by atoms with E-state index >= 15 is 0 Å². The van der Waals surface area contributed by atoms with Gasteiger partial charge in [0.15, 0.2) is 5.78 Å². The molecule has 5 heteroatoms. The lowest BCUT2D eigenvalue weighted by molar-refractivity contribution is -0.134. The van der Waals surface area contributed by atoms with E-state index in [4.69, 9.17) is 10.2 Å². The number of benzene rings is 1. The topological polar surface area (TPSA) is 77.8 Å². The number of aliphatic hydroxyl groups is 2. The molecular weight excluding hydrogens is 246 g/mol. The van der Waals surface area contributed by atoms with Crippen molar-refractivity contribution in [3.05, 3.63) is 35.9 Å². The van der Waals surface area contributed by atoms with Crippen molar-refractivity contribution in [2.75, 3.05) is 26.3 Å². The van der Waals surface area contributed by atoms with Crippen molar-refractivity contribution in [3.63, 3.8) is 0 Å². The van der Waals surface area contributed by atoms with E-state index in [1.165, 1.54) is 4.90 Å². The van der Waals surface area contributed by atoms with Crippen molar-refractivity contribution in [1.29, 1.82) is 0 Å². The summed E-state index contributed by atoms with van der Waals surface area (Å²) in [6.45, 7) is 1.38. The minimum absolute atomic E-state index is 0.117. The van der Waals surface area contributed by atoms with Crippen molar-refractivity contribution in [2.45, 2.75) is 6.92 Å². The first-order valence-electron chi connectivity index (χ1n) is 6.21. The summed E-state index contributed by atoms with van der Waals surface area (Å²) in [5.74, 6) is -1.45. The number of rotatable bonds is 7. The lowest BCUT2D eigenvalue weighted by Gasteiger charge is -2.23. The number of ketones is 1. The highest BCUT2D eigenvalue weighted by molar-refractivity contribution is 6.09. The highest BCUT2D eigenvalue weighted by atomic mass is 16.3. The second-order valence-electron chi connectivity index (χ2n) is 4.22. The second-order valence-corrected chi connectivity index (χ2v) is 4.22. The number of aliphatic hydroxyl groups excluding tert-OH is 2. The average Bonchev–Trinajstić information content (AvgIpc) is 2.45. The molecule has 104 valence electrons. The van der Waals surface area contributed by atoms with Crippen LogP contribution in [-0.4, -0.2) is 53.1 Å². The van der Waals surface area contributed by atoms with Crippen LogP contribution in [0.25, 0.3) is 0 Å². The normalized spacial score (nSPS) is 11.9. The van der Waals surface area contributed by atoms with Crippen LogP contribution in [0.4, 0.5) is 0 Å². The molecule has 0 saturated heterocycles. The van der Waals surface area contributed by atoms with E-state index in [9.17, 15) is 9.59 Å². The van der Waals surface area contributed by atoms with Gasteiger partial charge in [0.25, 0.3) is 0 Å². The van der Waals surface area contributed by atoms with Crippen LogP contribution < -0.4 is 0 Å². The van der Waals surface area contributed by atoms with Gasteiger partial charge < -0.3 is 15.1 Å². The van der Waals surface area contributed by atoms with E-state index in [0.29, 0.717) is 5.56 Å². The van der Waals surface area contributed by atoms with E-state index in [-0.39, 0.29) is 38.0 Å². The molecule has 2 N–H and O–H groups in total. The van der Waals surface area contributed by atoms with Crippen molar-refractivity contribution in [1.82, 2.24) is 4.90 Å². The lowest BCUT2D eigenvalue weighted by atomic mass is 9.98. The Morgan fingerprint density at radius 2 is 1.63 bits per heavy atom. The summed E-state index contributed by atoms with van der Waals surface area (Å²) in [5.41, 5.74) is 0.483. The summed E-state index contributed by atoms with van der Waals surface area (Å²) < 4.78 is 0. The van der Waals surface area contributed by atoms with Crippen molar-refractivity contribution in [3.8, 4) is 0 Å². The maximum Gasteiger partial charge on any atom is 0.233 e. The van der Waals surface area contributed by atoms with Gasteiger partial charge >= 0.3 is 0 Å². The Balaban J connectivity index is 2.77. The summed E-state index contributed by atoms with van der Waals surface area (Å²) in [7, 11) is 0. The highest BCUT2D eigenvalue weighted by Gasteiger charge is 2.26. The minimum atomic E-state index is -0.819. The third-order valence-corrected chi connectivity index (χ3v) is 2.87. The summed E-state index contributed by atoms with van der Waals surface area (Å²) >= 11 is 0. The quantitative estimate of drug-likeness (QED) is 0.550. The number of Topliss-reactive ketones (excluding diaryl/α,β-unsaturated/α-hetero) is 1. The summed E-state index contributed by atoms with van der Waals surface area (Å²) in [6, 6.07) is 8.60. The van der Waals surface area contributed by atoms with Crippen molar-refractivity contribution in [2.24, 2.45) is 5.92 Å². The molecule has 1 aromatic rings. The number of carbonyl (C=O) groups is 2. The van der Waals surface area contributed by atoms with Crippen LogP contribution in [0.5, 0.6) is 0 Å². The van der Waals surface area contributed by atoms with Crippen LogP contribution in [0.15, 0.2) is 30.3 Å². The molecule has 1 amide bonds. The van der Waals surface area contributed by atoms with Crippen LogP contribution in [0.3, 0.4) is 0 Å². The molecule has 1 aromatic carbocycles. The molecule has 1 unspecified atom stereocenters. The van der Waals surface area contributed by atoms with Crippen LogP contribution in [0.1, 0.15) is 17.3 Å². The zero-order chi connectivity index (χ0) is 14.3. The number of hydrogen-bond donors (Lipinski definition) is 2. The first kappa shape index (κ1) is 15.3. The van der Waals surface area contributed by atoms with Gasteiger partial charge in [-0.1, -0.05) is 30.3 Å². The Morgan fingerprint density at radius 3 is 2.11 bits per heavy atom. The maximum absolute atomic E-state index is 12.1. The fourth-order valence-corrected chi connectivity index (χ4v) is 1.81. The van der Waals surface area contributed by atoms with E-state index in [1.54, 1.807) is 37.3 Å². The Morgan fingerprint density at radius 1 is 1.11 bits per heavy atom. The van der Waals surface area contributed by atoms with Gasteiger partial charge in [-0.15, -0.1) is 0 Å². The van der Waals surface area contributed by atoms with Gasteiger partial charge in [-0.05, 0) is 6.92 Å². The molecular formula is C14H19NO4. The monoisotopic (exact) mass is 265 g/mol.